The monoisotopic (exact) mass is 570 g/mol. The maximum absolute atomic E-state index is 13.7. The first-order valence-electron chi connectivity index (χ1n) is 13.7. The van der Waals surface area contributed by atoms with E-state index in [2.05, 4.69) is 5.32 Å². The number of hydrogen-bond acceptors (Lipinski definition) is 6. The zero-order valence-electron chi connectivity index (χ0n) is 23.2. The summed E-state index contributed by atoms with van der Waals surface area (Å²) >= 11 is 0. The number of esters is 1. The van der Waals surface area contributed by atoms with Crippen LogP contribution < -0.4 is 15.0 Å². The molecular formula is C35H26N2O6. The minimum atomic E-state index is -0.888. The van der Waals surface area contributed by atoms with Gasteiger partial charge >= 0.3 is 12.0 Å². The van der Waals surface area contributed by atoms with Gasteiger partial charge in [-0.2, -0.15) is 0 Å². The Bertz CT molecular complexity index is 1940. The highest BCUT2D eigenvalue weighted by atomic mass is 16.5. The van der Waals surface area contributed by atoms with Gasteiger partial charge in [0.2, 0.25) is 0 Å². The molecule has 1 saturated heterocycles. The molecule has 0 aromatic heterocycles. The van der Waals surface area contributed by atoms with Gasteiger partial charge in [0.15, 0.2) is 0 Å². The Morgan fingerprint density at radius 1 is 0.791 bits per heavy atom. The Morgan fingerprint density at radius 2 is 1.47 bits per heavy atom. The van der Waals surface area contributed by atoms with E-state index in [0.29, 0.717) is 11.3 Å². The van der Waals surface area contributed by atoms with Crippen LogP contribution in [0.2, 0.25) is 0 Å². The van der Waals surface area contributed by atoms with Crippen molar-refractivity contribution in [2.24, 2.45) is 0 Å². The number of imide groups is 2. The lowest BCUT2D eigenvalue weighted by Crippen LogP contribution is -2.54. The highest BCUT2D eigenvalue weighted by Gasteiger charge is 2.37. The second-order valence-electron chi connectivity index (χ2n) is 9.85. The van der Waals surface area contributed by atoms with Crippen LogP contribution in [0.3, 0.4) is 0 Å². The molecule has 1 heterocycles. The number of nitrogens with one attached hydrogen (secondary N) is 1. The first kappa shape index (κ1) is 27.4. The Labute approximate surface area is 247 Å². The molecule has 6 rings (SSSR count). The standard InChI is InChI=1S/C35H26N2O6/c1-2-42-34(40)24-14-17-26(18-15-24)37-33(39)30(32(38)36-35(37)41)20-29-28-13-6-4-9-23(28)16-19-31(29)43-21-25-11-7-10-22-8-3-5-12-27(22)25/h3-20H,2,21H2,1H3,(H,36,38,41)/b30-20+. The zero-order chi connectivity index (χ0) is 29.9. The number of amides is 4. The van der Waals surface area contributed by atoms with Crippen molar-refractivity contribution < 1.29 is 28.7 Å². The van der Waals surface area contributed by atoms with Crippen molar-refractivity contribution in [1.29, 1.82) is 0 Å². The molecule has 8 heteroatoms. The molecule has 4 amide bonds. The van der Waals surface area contributed by atoms with E-state index in [1.165, 1.54) is 30.3 Å². The molecule has 0 aliphatic carbocycles. The second-order valence-corrected chi connectivity index (χ2v) is 9.85. The molecule has 0 unspecified atom stereocenters. The summed E-state index contributed by atoms with van der Waals surface area (Å²) in [5.41, 5.74) is 1.74. The van der Waals surface area contributed by atoms with E-state index in [1.54, 1.807) is 6.92 Å². The quantitative estimate of drug-likeness (QED) is 0.138. The molecule has 0 spiro atoms. The molecule has 1 aliphatic rings. The molecule has 1 N–H and O–H groups in total. The lowest BCUT2D eigenvalue weighted by Gasteiger charge is -2.26. The van der Waals surface area contributed by atoms with E-state index in [1.807, 2.05) is 78.9 Å². The smallest absolute Gasteiger partial charge is 0.338 e. The molecule has 1 fully saturated rings. The first-order chi connectivity index (χ1) is 20.9. The van der Waals surface area contributed by atoms with Crippen LogP contribution in [0.1, 0.15) is 28.4 Å². The first-order valence-corrected chi connectivity index (χ1v) is 13.7. The van der Waals surface area contributed by atoms with Crippen molar-refractivity contribution in [1.82, 2.24) is 5.32 Å². The summed E-state index contributed by atoms with van der Waals surface area (Å²) in [5, 5.41) is 6.07. The number of ether oxygens (including phenoxy) is 2. The molecule has 212 valence electrons. The highest BCUT2D eigenvalue weighted by Crippen LogP contribution is 2.33. The molecule has 5 aromatic carbocycles. The molecule has 8 nitrogen and oxygen atoms in total. The number of nitrogens with zero attached hydrogens (tertiary/aromatic N) is 1. The number of benzene rings is 5. The Balaban J connectivity index is 1.38. The summed E-state index contributed by atoms with van der Waals surface area (Å²) in [6.07, 6.45) is 1.46. The summed E-state index contributed by atoms with van der Waals surface area (Å²) < 4.78 is 11.3. The van der Waals surface area contributed by atoms with Crippen LogP contribution in [0.5, 0.6) is 5.75 Å². The van der Waals surface area contributed by atoms with Gasteiger partial charge in [0.25, 0.3) is 11.8 Å². The van der Waals surface area contributed by atoms with Crippen molar-refractivity contribution in [2.75, 3.05) is 11.5 Å². The Kier molecular flexibility index (Phi) is 7.41. The van der Waals surface area contributed by atoms with Gasteiger partial charge in [0.05, 0.1) is 17.9 Å². The van der Waals surface area contributed by atoms with Gasteiger partial charge in [-0.15, -0.1) is 0 Å². The molecule has 0 atom stereocenters. The van der Waals surface area contributed by atoms with Gasteiger partial charge in [-0.05, 0) is 70.4 Å². The minimum Gasteiger partial charge on any atom is -0.488 e. The number of rotatable bonds is 7. The van der Waals surface area contributed by atoms with E-state index in [9.17, 15) is 19.2 Å². The summed E-state index contributed by atoms with van der Waals surface area (Å²) in [6.45, 7) is 2.17. The maximum Gasteiger partial charge on any atom is 0.338 e. The van der Waals surface area contributed by atoms with Crippen molar-refractivity contribution in [3.05, 3.63) is 125 Å². The van der Waals surface area contributed by atoms with Gasteiger partial charge in [-0.25, -0.2) is 14.5 Å². The molecular weight excluding hydrogens is 544 g/mol. The van der Waals surface area contributed by atoms with E-state index in [-0.39, 0.29) is 30.0 Å². The third kappa shape index (κ3) is 5.34. The number of fused-ring (bicyclic) bond motifs is 2. The number of hydrogen-bond donors (Lipinski definition) is 1. The number of anilines is 1. The van der Waals surface area contributed by atoms with Gasteiger partial charge in [0.1, 0.15) is 17.9 Å². The van der Waals surface area contributed by atoms with Crippen LogP contribution in [0, 0.1) is 0 Å². The summed E-state index contributed by atoms with van der Waals surface area (Å²) in [6, 6.07) is 30.3. The fourth-order valence-corrected chi connectivity index (χ4v) is 5.12. The predicted octanol–water partition coefficient (Wildman–Crippen LogP) is 6.42. The van der Waals surface area contributed by atoms with E-state index in [4.69, 9.17) is 9.47 Å². The van der Waals surface area contributed by atoms with Crippen molar-refractivity contribution in [2.45, 2.75) is 13.5 Å². The Hall–Kier alpha value is -5.76. The van der Waals surface area contributed by atoms with Gasteiger partial charge in [-0.1, -0.05) is 72.8 Å². The van der Waals surface area contributed by atoms with Crippen molar-refractivity contribution in [3.63, 3.8) is 0 Å². The molecule has 5 aromatic rings. The number of urea groups is 1. The SMILES string of the molecule is CCOC(=O)c1ccc(N2C(=O)NC(=O)/C(=C\c3c(OCc4cccc5ccccc45)ccc4ccccc34)C2=O)cc1. The Morgan fingerprint density at radius 3 is 2.21 bits per heavy atom. The molecule has 0 saturated carbocycles. The third-order valence-electron chi connectivity index (χ3n) is 7.22. The normalized spacial score (nSPS) is 14.3. The van der Waals surface area contributed by atoms with Crippen LogP contribution in [0.15, 0.2) is 109 Å². The van der Waals surface area contributed by atoms with Crippen LogP contribution in [0.4, 0.5) is 10.5 Å². The highest BCUT2D eigenvalue weighted by molar-refractivity contribution is 6.39. The number of barbiturate groups is 1. The summed E-state index contributed by atoms with van der Waals surface area (Å²) in [5.74, 6) is -1.67. The topological polar surface area (TPSA) is 102 Å². The number of carbonyl (C=O) groups excluding carboxylic acids is 4. The van der Waals surface area contributed by atoms with Gasteiger partial charge in [-0.3, -0.25) is 14.9 Å². The second kappa shape index (κ2) is 11.6. The molecule has 43 heavy (non-hydrogen) atoms. The summed E-state index contributed by atoms with van der Waals surface area (Å²) in [7, 11) is 0. The van der Waals surface area contributed by atoms with Gasteiger partial charge in [0, 0.05) is 5.56 Å². The van der Waals surface area contributed by atoms with Crippen molar-refractivity contribution >= 4 is 57.1 Å². The van der Waals surface area contributed by atoms with Crippen LogP contribution >= 0.6 is 0 Å². The number of carbonyl (C=O) groups is 4. The fraction of sp³-hybridized carbons (Fsp3) is 0.0857. The maximum atomic E-state index is 13.7. The van der Waals surface area contributed by atoms with E-state index in [0.717, 1.165) is 32.0 Å². The average molecular weight is 571 g/mol. The van der Waals surface area contributed by atoms with Crippen LogP contribution in [-0.2, 0) is 20.9 Å². The largest absolute Gasteiger partial charge is 0.488 e. The van der Waals surface area contributed by atoms with Gasteiger partial charge < -0.3 is 9.47 Å². The zero-order valence-corrected chi connectivity index (χ0v) is 23.2. The molecule has 0 radical (unpaired) electrons. The average Bonchev–Trinajstić information content (AvgIpc) is 3.02. The van der Waals surface area contributed by atoms with Crippen LogP contribution in [0.25, 0.3) is 27.6 Å². The predicted molar refractivity (Wildman–Crippen MR) is 164 cm³/mol. The molecule has 1 aliphatic heterocycles. The summed E-state index contributed by atoms with van der Waals surface area (Å²) in [4.78, 5) is 52.5. The molecule has 0 bridgehead atoms. The van der Waals surface area contributed by atoms with E-state index < -0.39 is 23.8 Å². The lowest BCUT2D eigenvalue weighted by molar-refractivity contribution is -0.122. The lowest BCUT2D eigenvalue weighted by atomic mass is 9.99. The third-order valence-corrected chi connectivity index (χ3v) is 7.22. The van der Waals surface area contributed by atoms with Crippen molar-refractivity contribution in [3.8, 4) is 5.75 Å². The fourth-order valence-electron chi connectivity index (χ4n) is 5.12. The van der Waals surface area contributed by atoms with Crippen LogP contribution in [-0.4, -0.2) is 30.4 Å². The minimum absolute atomic E-state index is 0.194. The van der Waals surface area contributed by atoms with E-state index >= 15 is 0 Å².